The van der Waals surface area contributed by atoms with Crippen LogP contribution in [-0.4, -0.2) is 56.2 Å². The van der Waals surface area contributed by atoms with Gasteiger partial charge in [0.15, 0.2) is 6.04 Å². The Hall–Kier alpha value is -1.92. The summed E-state index contributed by atoms with van der Waals surface area (Å²) in [6.07, 6.45) is 1.62. The molecular weight excluding hydrogens is 374 g/mol. The fourth-order valence-electron chi connectivity index (χ4n) is 3.32. The van der Waals surface area contributed by atoms with E-state index < -0.39 is 0 Å². The van der Waals surface area contributed by atoms with Crippen LogP contribution in [-0.2, 0) is 16.0 Å². The van der Waals surface area contributed by atoms with E-state index in [1.165, 1.54) is 11.1 Å². The second-order valence-corrected chi connectivity index (χ2v) is 7.06. The number of benzene rings is 2. The average Bonchev–Trinajstić information content (AvgIpc) is 2.73. The molecule has 3 rings (SSSR count). The molecule has 28 heavy (non-hydrogen) atoms. The summed E-state index contributed by atoms with van der Waals surface area (Å²) in [5.41, 5.74) is 7.57. The van der Waals surface area contributed by atoms with Crippen molar-refractivity contribution in [1.29, 1.82) is 0 Å². The summed E-state index contributed by atoms with van der Waals surface area (Å²) in [7, 11) is 0. The summed E-state index contributed by atoms with van der Waals surface area (Å²) in [4.78, 5) is 14.7. The molecule has 0 saturated carbocycles. The molecule has 1 heterocycles. The normalized spacial score (nSPS) is 15.5. The molecule has 152 valence electrons. The van der Waals surface area contributed by atoms with Gasteiger partial charge in [0.2, 0.25) is 0 Å². The van der Waals surface area contributed by atoms with E-state index in [1.807, 2.05) is 18.2 Å². The van der Waals surface area contributed by atoms with E-state index in [0.717, 1.165) is 44.8 Å². The van der Waals surface area contributed by atoms with Crippen LogP contribution in [0.4, 0.5) is 0 Å². The van der Waals surface area contributed by atoms with Crippen molar-refractivity contribution in [3.8, 4) is 11.1 Å². The van der Waals surface area contributed by atoms with E-state index in [1.54, 1.807) is 0 Å². The maximum absolute atomic E-state index is 12.3. The van der Waals surface area contributed by atoms with Crippen molar-refractivity contribution in [3.05, 3.63) is 60.2 Å². The maximum Gasteiger partial charge on any atom is 0.278 e. The Kier molecular flexibility index (Phi) is 9.44. The van der Waals surface area contributed by atoms with Crippen LogP contribution >= 0.6 is 0 Å². The van der Waals surface area contributed by atoms with Crippen molar-refractivity contribution in [2.24, 2.45) is 0 Å². The zero-order chi connectivity index (χ0) is 18.9. The fraction of sp³-hybridized carbons (Fsp3) is 0.409. The predicted octanol–water partition coefficient (Wildman–Crippen LogP) is -1.65. The van der Waals surface area contributed by atoms with Gasteiger partial charge in [0.1, 0.15) is 0 Å². The van der Waals surface area contributed by atoms with Gasteiger partial charge >= 0.3 is 0 Å². The third kappa shape index (κ3) is 6.91. The lowest BCUT2D eigenvalue weighted by atomic mass is 10.0. The van der Waals surface area contributed by atoms with Crippen molar-refractivity contribution in [1.82, 2.24) is 10.2 Å². The first kappa shape index (κ1) is 22.4. The number of rotatable bonds is 8. The molecule has 4 N–H and O–H groups in total. The molecule has 0 radical (unpaired) electrons. The van der Waals surface area contributed by atoms with Crippen LogP contribution < -0.4 is 23.5 Å². The van der Waals surface area contributed by atoms with Crippen molar-refractivity contribution in [2.75, 3.05) is 39.4 Å². The quantitative estimate of drug-likeness (QED) is 0.519. The predicted molar refractivity (Wildman–Crippen MR) is 107 cm³/mol. The summed E-state index contributed by atoms with van der Waals surface area (Å²) < 4.78 is 5.35. The zero-order valence-corrected chi connectivity index (χ0v) is 17.0. The molecule has 0 aromatic heterocycles. The third-order valence-corrected chi connectivity index (χ3v) is 4.97. The molecular formula is C22H30ClN3O2. The van der Waals surface area contributed by atoms with Crippen molar-refractivity contribution >= 4 is 5.91 Å². The number of carbonyl (C=O) groups excluding carboxylic acids is 1. The van der Waals surface area contributed by atoms with Crippen LogP contribution in [0, 0.1) is 0 Å². The maximum atomic E-state index is 12.3. The molecule has 0 aliphatic carbocycles. The van der Waals surface area contributed by atoms with Gasteiger partial charge in [-0.05, 0) is 29.7 Å². The Morgan fingerprint density at radius 2 is 1.68 bits per heavy atom. The minimum atomic E-state index is -0.268. The van der Waals surface area contributed by atoms with Gasteiger partial charge in [0.05, 0.1) is 13.2 Å². The van der Waals surface area contributed by atoms with E-state index in [0.29, 0.717) is 13.0 Å². The van der Waals surface area contributed by atoms with Crippen LogP contribution in [0.2, 0.25) is 0 Å². The van der Waals surface area contributed by atoms with Crippen molar-refractivity contribution in [3.63, 3.8) is 0 Å². The first-order valence-electron chi connectivity index (χ1n) is 9.77. The SMILES string of the molecule is [Cl-].[NH3+][C@@H](Cc1ccc(-c2ccccc2)cc1)C(=O)NCCCN1CCOCC1. The Bertz CT molecular complexity index is 703. The molecule has 1 aliphatic heterocycles. The summed E-state index contributed by atoms with van der Waals surface area (Å²) >= 11 is 0. The number of hydrogen-bond donors (Lipinski definition) is 2. The summed E-state index contributed by atoms with van der Waals surface area (Å²) in [5.74, 6) is 0.0316. The Labute approximate surface area is 173 Å². The highest BCUT2D eigenvalue weighted by molar-refractivity contribution is 5.80. The first-order chi connectivity index (χ1) is 13.2. The van der Waals surface area contributed by atoms with Crippen molar-refractivity contribution in [2.45, 2.75) is 18.9 Å². The molecule has 0 spiro atoms. The van der Waals surface area contributed by atoms with Crippen LogP contribution in [0.1, 0.15) is 12.0 Å². The molecule has 1 aliphatic rings. The van der Waals surface area contributed by atoms with Gasteiger partial charge in [-0.2, -0.15) is 0 Å². The number of hydrogen-bond acceptors (Lipinski definition) is 3. The molecule has 2 aromatic rings. The number of ether oxygens (including phenoxy) is 1. The number of nitrogens with zero attached hydrogens (tertiary/aromatic N) is 1. The van der Waals surface area contributed by atoms with E-state index in [4.69, 9.17) is 4.74 Å². The van der Waals surface area contributed by atoms with Crippen LogP contribution in [0.5, 0.6) is 0 Å². The van der Waals surface area contributed by atoms with Gasteiger partial charge in [-0.3, -0.25) is 9.69 Å². The number of amides is 1. The molecule has 1 saturated heterocycles. The Morgan fingerprint density at radius 3 is 2.36 bits per heavy atom. The minimum Gasteiger partial charge on any atom is -1.00 e. The first-order valence-corrected chi connectivity index (χ1v) is 9.77. The highest BCUT2D eigenvalue weighted by Crippen LogP contribution is 2.19. The van der Waals surface area contributed by atoms with Gasteiger partial charge in [0, 0.05) is 26.1 Å². The molecule has 1 atom stereocenters. The van der Waals surface area contributed by atoms with E-state index in [-0.39, 0.29) is 24.4 Å². The van der Waals surface area contributed by atoms with Gasteiger partial charge in [0.25, 0.3) is 5.91 Å². The van der Waals surface area contributed by atoms with Crippen LogP contribution in [0.15, 0.2) is 54.6 Å². The average molecular weight is 404 g/mol. The third-order valence-electron chi connectivity index (χ3n) is 4.97. The monoisotopic (exact) mass is 403 g/mol. The number of carbonyl (C=O) groups is 1. The molecule has 2 aromatic carbocycles. The lowest BCUT2D eigenvalue weighted by Crippen LogP contribution is -3.00. The highest BCUT2D eigenvalue weighted by atomic mass is 35.5. The van der Waals surface area contributed by atoms with E-state index in [2.05, 4.69) is 52.3 Å². The van der Waals surface area contributed by atoms with Gasteiger partial charge in [-0.1, -0.05) is 54.6 Å². The van der Waals surface area contributed by atoms with Crippen LogP contribution in [0.3, 0.4) is 0 Å². The van der Waals surface area contributed by atoms with Crippen molar-refractivity contribution < 1.29 is 27.7 Å². The van der Waals surface area contributed by atoms with E-state index in [9.17, 15) is 4.79 Å². The fourth-order valence-corrected chi connectivity index (χ4v) is 3.32. The molecule has 0 bridgehead atoms. The Balaban J connectivity index is 0.00000280. The molecule has 6 heteroatoms. The standard InChI is InChI=1S/C22H29N3O2.ClH/c23-21(22(26)24-11-4-12-25-13-15-27-16-14-25)17-18-7-9-20(10-8-18)19-5-2-1-3-6-19;/h1-3,5-10,21H,4,11-17,23H2,(H,24,26);1H/t21-;/m0./s1. The molecule has 0 unspecified atom stereocenters. The molecule has 1 fully saturated rings. The number of nitrogens with one attached hydrogen (secondary N) is 1. The number of morpholine rings is 1. The molecule has 1 amide bonds. The van der Waals surface area contributed by atoms with Gasteiger partial charge in [-0.25, -0.2) is 0 Å². The summed E-state index contributed by atoms with van der Waals surface area (Å²) in [6, 6.07) is 18.4. The summed E-state index contributed by atoms with van der Waals surface area (Å²) in [5, 5.41) is 3.02. The van der Waals surface area contributed by atoms with Gasteiger partial charge < -0.3 is 28.2 Å². The van der Waals surface area contributed by atoms with E-state index >= 15 is 0 Å². The lowest BCUT2D eigenvalue weighted by Gasteiger charge is -2.26. The number of quaternary nitrogens is 1. The zero-order valence-electron chi connectivity index (χ0n) is 16.3. The lowest BCUT2D eigenvalue weighted by molar-refractivity contribution is -0.403. The number of halogens is 1. The largest absolute Gasteiger partial charge is 1.00 e. The summed E-state index contributed by atoms with van der Waals surface area (Å²) in [6.45, 7) is 5.32. The molecule has 5 nitrogen and oxygen atoms in total. The topological polar surface area (TPSA) is 69.2 Å². The second kappa shape index (κ2) is 11.8. The van der Waals surface area contributed by atoms with Gasteiger partial charge in [-0.15, -0.1) is 0 Å². The Morgan fingerprint density at radius 1 is 1.04 bits per heavy atom. The smallest absolute Gasteiger partial charge is 0.278 e. The second-order valence-electron chi connectivity index (χ2n) is 7.06. The van der Waals surface area contributed by atoms with Crippen LogP contribution in [0.25, 0.3) is 11.1 Å². The highest BCUT2D eigenvalue weighted by Gasteiger charge is 2.17. The minimum absolute atomic E-state index is 0.